The van der Waals surface area contributed by atoms with E-state index < -0.39 is 0 Å². The van der Waals surface area contributed by atoms with E-state index in [1.807, 2.05) is 0 Å². The molecule has 1 amide bonds. The number of hydrogen-bond donors (Lipinski definition) is 1. The highest BCUT2D eigenvalue weighted by Gasteiger charge is 2.55. The topological polar surface area (TPSA) is 46.3 Å². The molecule has 4 saturated carbocycles. The molecule has 0 aromatic carbocycles. The monoisotopic (exact) mass is 292 g/mol. The Morgan fingerprint density at radius 3 is 2.00 bits per heavy atom. The van der Waals surface area contributed by atoms with Gasteiger partial charge in [-0.2, -0.15) is 0 Å². The number of nitrogens with two attached hydrogens (primary N) is 1. The highest BCUT2D eigenvalue weighted by molar-refractivity contribution is 5.83. The molecule has 4 bridgehead atoms. The van der Waals surface area contributed by atoms with Crippen LogP contribution in [0.15, 0.2) is 0 Å². The number of hydrogen-bond acceptors (Lipinski definition) is 2. The molecule has 0 atom stereocenters. The average molecular weight is 292 g/mol. The van der Waals surface area contributed by atoms with Gasteiger partial charge in [-0.1, -0.05) is 13.8 Å². The highest BCUT2D eigenvalue weighted by atomic mass is 16.2. The van der Waals surface area contributed by atoms with Crippen LogP contribution in [0, 0.1) is 28.6 Å². The summed E-state index contributed by atoms with van der Waals surface area (Å²) in [5.74, 6) is 2.95. The van der Waals surface area contributed by atoms with Crippen molar-refractivity contribution in [2.24, 2.45) is 34.3 Å². The van der Waals surface area contributed by atoms with Crippen molar-refractivity contribution in [3.63, 3.8) is 0 Å². The molecular formula is C18H32N2O. The maximum absolute atomic E-state index is 13.3. The first-order valence-corrected chi connectivity index (χ1v) is 8.87. The predicted molar refractivity (Wildman–Crippen MR) is 85.7 cm³/mol. The van der Waals surface area contributed by atoms with Gasteiger partial charge in [0.1, 0.15) is 0 Å². The quantitative estimate of drug-likeness (QED) is 0.846. The second kappa shape index (κ2) is 5.26. The van der Waals surface area contributed by atoms with E-state index in [0.717, 1.165) is 30.8 Å². The maximum atomic E-state index is 13.3. The largest absolute Gasteiger partial charge is 0.342 e. The molecule has 4 rings (SSSR count). The smallest absolute Gasteiger partial charge is 0.228 e. The molecule has 4 fully saturated rings. The van der Waals surface area contributed by atoms with Crippen molar-refractivity contribution in [3.05, 3.63) is 0 Å². The van der Waals surface area contributed by atoms with Crippen LogP contribution in [-0.4, -0.2) is 30.4 Å². The van der Waals surface area contributed by atoms with E-state index in [0.29, 0.717) is 12.5 Å². The molecule has 4 aliphatic rings. The van der Waals surface area contributed by atoms with Crippen LogP contribution in [-0.2, 0) is 4.79 Å². The third-order valence-electron chi connectivity index (χ3n) is 6.33. The molecule has 0 heterocycles. The summed E-state index contributed by atoms with van der Waals surface area (Å²) in [6.45, 7) is 8.72. The Hall–Kier alpha value is -0.570. The van der Waals surface area contributed by atoms with E-state index >= 15 is 0 Å². The minimum absolute atomic E-state index is 0.00453. The number of carbonyl (C=O) groups is 1. The van der Waals surface area contributed by atoms with Gasteiger partial charge < -0.3 is 10.6 Å². The minimum atomic E-state index is -0.00453. The Kier molecular flexibility index (Phi) is 3.84. The van der Waals surface area contributed by atoms with Crippen molar-refractivity contribution in [3.8, 4) is 0 Å². The molecule has 4 aliphatic carbocycles. The summed E-state index contributed by atoms with van der Waals surface area (Å²) in [6.07, 6.45) is 7.68. The van der Waals surface area contributed by atoms with Crippen LogP contribution in [0.1, 0.15) is 59.3 Å². The van der Waals surface area contributed by atoms with Crippen LogP contribution in [0.4, 0.5) is 0 Å². The summed E-state index contributed by atoms with van der Waals surface area (Å²) >= 11 is 0. The van der Waals surface area contributed by atoms with Crippen molar-refractivity contribution in [1.82, 2.24) is 4.90 Å². The second-order valence-corrected chi connectivity index (χ2v) is 8.89. The summed E-state index contributed by atoms with van der Waals surface area (Å²) in [4.78, 5) is 15.4. The summed E-state index contributed by atoms with van der Waals surface area (Å²) in [6, 6.07) is 0. The van der Waals surface area contributed by atoms with Crippen molar-refractivity contribution in [2.75, 3.05) is 19.6 Å². The van der Waals surface area contributed by atoms with Gasteiger partial charge in [-0.25, -0.2) is 0 Å². The van der Waals surface area contributed by atoms with Gasteiger partial charge in [0.05, 0.1) is 5.41 Å². The van der Waals surface area contributed by atoms with Crippen LogP contribution in [0.3, 0.4) is 0 Å². The van der Waals surface area contributed by atoms with Crippen LogP contribution in [0.25, 0.3) is 0 Å². The van der Waals surface area contributed by atoms with Gasteiger partial charge in [0, 0.05) is 13.1 Å². The lowest BCUT2D eigenvalue weighted by Crippen LogP contribution is -2.56. The second-order valence-electron chi connectivity index (χ2n) is 8.89. The van der Waals surface area contributed by atoms with Gasteiger partial charge >= 0.3 is 0 Å². The fraction of sp³-hybridized carbons (Fsp3) is 0.944. The van der Waals surface area contributed by atoms with Crippen LogP contribution in [0.2, 0.25) is 0 Å². The van der Waals surface area contributed by atoms with E-state index in [1.165, 1.54) is 38.5 Å². The van der Waals surface area contributed by atoms with Crippen LogP contribution < -0.4 is 5.73 Å². The third-order valence-corrected chi connectivity index (χ3v) is 6.33. The van der Waals surface area contributed by atoms with Gasteiger partial charge in [0.25, 0.3) is 0 Å². The first kappa shape index (κ1) is 15.3. The number of carbonyl (C=O) groups excluding carboxylic acids is 1. The maximum Gasteiger partial charge on any atom is 0.228 e. The molecule has 3 heteroatoms. The van der Waals surface area contributed by atoms with Crippen molar-refractivity contribution in [2.45, 2.75) is 59.3 Å². The zero-order chi connectivity index (χ0) is 15.3. The lowest BCUT2D eigenvalue weighted by atomic mass is 9.49. The summed E-state index contributed by atoms with van der Waals surface area (Å²) < 4.78 is 0. The van der Waals surface area contributed by atoms with Crippen molar-refractivity contribution < 1.29 is 4.79 Å². The molecule has 120 valence electrons. The van der Waals surface area contributed by atoms with E-state index in [4.69, 9.17) is 5.73 Å². The summed E-state index contributed by atoms with van der Waals surface area (Å²) in [5.41, 5.74) is 5.89. The Morgan fingerprint density at radius 2 is 1.62 bits per heavy atom. The van der Waals surface area contributed by atoms with Gasteiger partial charge in [-0.3, -0.25) is 4.79 Å². The Balaban J connectivity index is 1.77. The van der Waals surface area contributed by atoms with Crippen LogP contribution >= 0.6 is 0 Å². The fourth-order valence-electron chi connectivity index (χ4n) is 5.62. The Labute approximate surface area is 129 Å². The van der Waals surface area contributed by atoms with Crippen LogP contribution in [0.5, 0.6) is 0 Å². The normalized spacial score (nSPS) is 37.8. The van der Waals surface area contributed by atoms with Gasteiger partial charge in [0.15, 0.2) is 0 Å². The van der Waals surface area contributed by atoms with E-state index in [-0.39, 0.29) is 10.8 Å². The Morgan fingerprint density at radius 1 is 1.14 bits per heavy atom. The molecule has 0 aliphatic heterocycles. The molecule has 3 nitrogen and oxygen atoms in total. The zero-order valence-corrected chi connectivity index (χ0v) is 14.0. The molecule has 0 unspecified atom stereocenters. The minimum Gasteiger partial charge on any atom is -0.342 e. The highest BCUT2D eigenvalue weighted by Crippen LogP contribution is 2.60. The molecule has 0 saturated heterocycles. The van der Waals surface area contributed by atoms with Gasteiger partial charge in [0.2, 0.25) is 5.91 Å². The van der Waals surface area contributed by atoms with Crippen molar-refractivity contribution in [1.29, 1.82) is 0 Å². The first-order chi connectivity index (χ1) is 9.87. The van der Waals surface area contributed by atoms with E-state index in [2.05, 4.69) is 25.7 Å². The lowest BCUT2D eigenvalue weighted by Gasteiger charge is -2.56. The average Bonchev–Trinajstić information content (AvgIpc) is 2.42. The number of amides is 1. The van der Waals surface area contributed by atoms with Gasteiger partial charge in [-0.05, 0) is 75.2 Å². The molecular weight excluding hydrogens is 260 g/mol. The molecule has 0 aromatic heterocycles. The van der Waals surface area contributed by atoms with E-state index in [1.54, 1.807) is 0 Å². The molecule has 0 radical (unpaired) electrons. The predicted octanol–water partition coefficient (Wildman–Crippen LogP) is 3.04. The van der Waals surface area contributed by atoms with E-state index in [9.17, 15) is 4.79 Å². The molecule has 0 aromatic rings. The lowest BCUT2D eigenvalue weighted by molar-refractivity contribution is -0.158. The number of rotatable bonds is 5. The Bertz CT molecular complexity index is 380. The van der Waals surface area contributed by atoms with Crippen molar-refractivity contribution >= 4 is 5.91 Å². The SMILES string of the molecule is CCN(CC(C)(C)CN)C(=O)C12CC3CC(CC(C3)C1)C2. The van der Waals surface area contributed by atoms with Gasteiger partial charge in [-0.15, -0.1) is 0 Å². The summed E-state index contributed by atoms with van der Waals surface area (Å²) in [7, 11) is 0. The molecule has 2 N–H and O–H groups in total. The summed E-state index contributed by atoms with van der Waals surface area (Å²) in [5, 5.41) is 0. The zero-order valence-electron chi connectivity index (χ0n) is 14.0. The fourth-order valence-corrected chi connectivity index (χ4v) is 5.62. The standard InChI is InChI=1S/C18H32N2O/c1-4-20(12-17(2,3)11-19)16(21)18-8-13-5-14(9-18)7-15(6-13)10-18/h13-15H,4-12,19H2,1-3H3. The number of nitrogens with zero attached hydrogens (tertiary/aromatic N) is 1. The third kappa shape index (κ3) is 2.74. The molecule has 21 heavy (non-hydrogen) atoms. The molecule has 0 spiro atoms. The first-order valence-electron chi connectivity index (χ1n) is 8.87.